The van der Waals surface area contributed by atoms with E-state index in [9.17, 15) is 0 Å². The van der Waals surface area contributed by atoms with E-state index in [0.29, 0.717) is 6.61 Å². The normalized spacial score (nSPS) is 12.8. The van der Waals surface area contributed by atoms with Gasteiger partial charge in [0.1, 0.15) is 28.1 Å². The molecular formula is C59H50N2O3. The number of fused-ring (bicyclic) bond motifs is 12. The standard InChI is InChI=1S/C59H50N2O3/c1-9-62-39-32-47(57-43-23-21-38(31-53(43)64-55(57)33-39)61-49-17-13-11-15-41(49)45-29-36(59(6,7)8)19-25-51(45)61)46-26-34(2)27-54-56(46)42-22-20-37(30-52(42)63-54)60-48-16-12-10-14-40(48)44-28-35(58(3,4)5)18-24-50(44)60/h10-33H,9H2,1-8H3. The number of aryl methyl sites for hydroxylation is 1. The molecule has 0 atom stereocenters. The molecule has 0 aliphatic carbocycles. The number of benzene rings is 8. The van der Waals surface area contributed by atoms with Crippen LogP contribution in [0.5, 0.6) is 5.75 Å². The van der Waals surface area contributed by atoms with E-state index >= 15 is 0 Å². The van der Waals surface area contributed by atoms with Gasteiger partial charge in [0.25, 0.3) is 0 Å². The third-order valence-corrected chi connectivity index (χ3v) is 13.4. The Hall–Kier alpha value is -7.24. The lowest BCUT2D eigenvalue weighted by Crippen LogP contribution is -2.10. The summed E-state index contributed by atoms with van der Waals surface area (Å²) in [7, 11) is 0. The van der Waals surface area contributed by atoms with Gasteiger partial charge in [-0.1, -0.05) is 96.1 Å². The summed E-state index contributed by atoms with van der Waals surface area (Å²) in [6, 6.07) is 53.3. The molecule has 0 aliphatic heterocycles. The van der Waals surface area contributed by atoms with E-state index in [1.165, 1.54) is 54.7 Å². The lowest BCUT2D eigenvalue weighted by molar-refractivity contribution is 0.340. The number of hydrogen-bond donors (Lipinski definition) is 0. The fourth-order valence-electron chi connectivity index (χ4n) is 10.3. The molecule has 0 aliphatic rings. The Balaban J connectivity index is 1.05. The first-order chi connectivity index (χ1) is 30.8. The van der Waals surface area contributed by atoms with Crippen LogP contribution in [0.15, 0.2) is 154 Å². The predicted octanol–water partition coefficient (Wildman–Crippen LogP) is 16.6. The monoisotopic (exact) mass is 834 g/mol. The molecule has 64 heavy (non-hydrogen) atoms. The van der Waals surface area contributed by atoms with Gasteiger partial charge in [-0.25, -0.2) is 0 Å². The van der Waals surface area contributed by atoms with Gasteiger partial charge in [0.15, 0.2) is 0 Å². The van der Waals surface area contributed by atoms with E-state index in [1.54, 1.807) is 0 Å². The molecule has 0 amide bonds. The average Bonchev–Trinajstić information content (AvgIpc) is 4.01. The Morgan fingerprint density at radius 2 is 0.906 bits per heavy atom. The van der Waals surface area contributed by atoms with Crippen molar-refractivity contribution in [2.45, 2.75) is 66.2 Å². The highest BCUT2D eigenvalue weighted by Crippen LogP contribution is 2.46. The van der Waals surface area contributed by atoms with E-state index in [4.69, 9.17) is 13.6 Å². The van der Waals surface area contributed by atoms with Crippen molar-refractivity contribution >= 4 is 87.5 Å². The summed E-state index contributed by atoms with van der Waals surface area (Å²) in [4.78, 5) is 0. The second-order valence-corrected chi connectivity index (χ2v) is 19.7. The van der Waals surface area contributed by atoms with Crippen LogP contribution in [-0.4, -0.2) is 15.7 Å². The molecule has 5 heteroatoms. The topological polar surface area (TPSA) is 45.4 Å². The zero-order valence-corrected chi connectivity index (χ0v) is 37.7. The molecule has 12 rings (SSSR count). The summed E-state index contributed by atoms with van der Waals surface area (Å²) in [6.45, 7) is 18.4. The molecule has 4 aromatic heterocycles. The van der Waals surface area contributed by atoms with Gasteiger partial charge < -0.3 is 22.7 Å². The molecule has 12 aromatic rings. The molecule has 314 valence electrons. The van der Waals surface area contributed by atoms with E-state index in [0.717, 1.165) is 77.7 Å². The number of para-hydroxylation sites is 2. The summed E-state index contributed by atoms with van der Waals surface area (Å²) >= 11 is 0. The first-order valence-corrected chi connectivity index (χ1v) is 22.5. The van der Waals surface area contributed by atoms with Crippen LogP contribution in [-0.2, 0) is 10.8 Å². The van der Waals surface area contributed by atoms with Gasteiger partial charge in [-0.2, -0.15) is 0 Å². The van der Waals surface area contributed by atoms with Crippen molar-refractivity contribution in [3.05, 3.63) is 162 Å². The molecule has 0 N–H and O–H groups in total. The Labute approximate surface area is 372 Å². The van der Waals surface area contributed by atoms with Gasteiger partial charge in [0.2, 0.25) is 0 Å². The summed E-state index contributed by atoms with van der Waals surface area (Å²) in [6.07, 6.45) is 0. The van der Waals surface area contributed by atoms with E-state index in [2.05, 4.69) is 197 Å². The number of furan rings is 2. The fraction of sp³-hybridized carbons (Fsp3) is 0.186. The summed E-state index contributed by atoms with van der Waals surface area (Å²) < 4.78 is 24.7. The maximum atomic E-state index is 6.87. The number of aromatic nitrogens is 2. The smallest absolute Gasteiger partial charge is 0.139 e. The summed E-state index contributed by atoms with van der Waals surface area (Å²) in [5.74, 6) is 0.770. The molecule has 0 saturated carbocycles. The zero-order chi connectivity index (χ0) is 43.8. The fourth-order valence-corrected chi connectivity index (χ4v) is 10.3. The average molecular weight is 835 g/mol. The molecule has 0 saturated heterocycles. The third kappa shape index (κ3) is 5.76. The Morgan fingerprint density at radius 1 is 0.438 bits per heavy atom. The van der Waals surface area contributed by atoms with Gasteiger partial charge in [0, 0.05) is 72.7 Å². The summed E-state index contributed by atoms with van der Waals surface area (Å²) in [5, 5.41) is 9.24. The second kappa shape index (κ2) is 13.6. The lowest BCUT2D eigenvalue weighted by Gasteiger charge is -2.19. The van der Waals surface area contributed by atoms with E-state index < -0.39 is 0 Å². The largest absolute Gasteiger partial charge is 0.494 e. The maximum absolute atomic E-state index is 6.87. The van der Waals surface area contributed by atoms with Crippen molar-refractivity contribution in [2.75, 3.05) is 6.61 Å². The molecule has 4 heterocycles. The minimum absolute atomic E-state index is 0.0433. The lowest BCUT2D eigenvalue weighted by atomic mass is 9.86. The van der Waals surface area contributed by atoms with Crippen molar-refractivity contribution in [3.8, 4) is 28.3 Å². The minimum atomic E-state index is 0.0433. The summed E-state index contributed by atoms with van der Waals surface area (Å²) in [5.41, 5.74) is 16.1. The molecule has 0 spiro atoms. The van der Waals surface area contributed by atoms with Crippen molar-refractivity contribution < 1.29 is 13.6 Å². The number of ether oxygens (including phenoxy) is 1. The molecule has 8 aromatic carbocycles. The van der Waals surface area contributed by atoms with Gasteiger partial charge in [-0.05, 0) is 125 Å². The highest BCUT2D eigenvalue weighted by Gasteiger charge is 2.24. The van der Waals surface area contributed by atoms with Crippen molar-refractivity contribution in [2.24, 2.45) is 0 Å². The molecule has 0 radical (unpaired) electrons. The predicted molar refractivity (Wildman–Crippen MR) is 268 cm³/mol. The van der Waals surface area contributed by atoms with Crippen LogP contribution in [0.4, 0.5) is 0 Å². The highest BCUT2D eigenvalue weighted by atomic mass is 16.5. The Bertz CT molecular complexity index is 3890. The first kappa shape index (κ1) is 38.4. The Morgan fingerprint density at radius 3 is 1.41 bits per heavy atom. The van der Waals surface area contributed by atoms with Crippen LogP contribution >= 0.6 is 0 Å². The van der Waals surface area contributed by atoms with Gasteiger partial charge in [-0.15, -0.1) is 0 Å². The first-order valence-electron chi connectivity index (χ1n) is 22.5. The zero-order valence-electron chi connectivity index (χ0n) is 37.7. The molecule has 0 fully saturated rings. The molecule has 5 nitrogen and oxygen atoms in total. The SMILES string of the molecule is CCOc1cc(-c2cc(C)cc3oc4cc(-n5c6ccccc6c6cc(C(C)(C)C)ccc65)ccc4c23)c2c(c1)oc1cc(-n3c4ccccc4c4cc(C(C)(C)C)ccc43)ccc12. The van der Waals surface area contributed by atoms with Crippen molar-refractivity contribution in [1.82, 2.24) is 9.13 Å². The molecule has 0 bridgehead atoms. The number of rotatable bonds is 5. The van der Waals surface area contributed by atoms with Crippen LogP contribution in [0.3, 0.4) is 0 Å². The quantitative estimate of drug-likeness (QED) is 0.173. The van der Waals surface area contributed by atoms with Crippen molar-refractivity contribution in [3.63, 3.8) is 0 Å². The van der Waals surface area contributed by atoms with Crippen molar-refractivity contribution in [1.29, 1.82) is 0 Å². The van der Waals surface area contributed by atoms with Gasteiger partial charge in [0.05, 0.1) is 28.7 Å². The van der Waals surface area contributed by atoms with E-state index in [1.807, 2.05) is 13.0 Å². The van der Waals surface area contributed by atoms with E-state index in [-0.39, 0.29) is 10.8 Å². The number of nitrogens with zero attached hydrogens (tertiary/aromatic N) is 2. The second-order valence-electron chi connectivity index (χ2n) is 19.7. The highest BCUT2D eigenvalue weighted by molar-refractivity contribution is 6.20. The molecular weight excluding hydrogens is 785 g/mol. The maximum Gasteiger partial charge on any atom is 0.139 e. The minimum Gasteiger partial charge on any atom is -0.494 e. The Kier molecular flexibility index (Phi) is 8.19. The van der Waals surface area contributed by atoms with Crippen LogP contribution < -0.4 is 4.74 Å². The van der Waals surface area contributed by atoms with Crippen LogP contribution in [0.1, 0.15) is 65.2 Å². The third-order valence-electron chi connectivity index (χ3n) is 13.4. The molecule has 0 unspecified atom stereocenters. The van der Waals surface area contributed by atoms with Crippen LogP contribution in [0, 0.1) is 6.92 Å². The van der Waals surface area contributed by atoms with Crippen LogP contribution in [0.25, 0.3) is 110 Å². The number of hydrogen-bond acceptors (Lipinski definition) is 3. The van der Waals surface area contributed by atoms with Gasteiger partial charge in [-0.3, -0.25) is 0 Å². The van der Waals surface area contributed by atoms with Crippen LogP contribution in [0.2, 0.25) is 0 Å². The van der Waals surface area contributed by atoms with Gasteiger partial charge >= 0.3 is 0 Å².